The predicted octanol–water partition coefficient (Wildman–Crippen LogP) is 1.81. The number of hydrogen-bond donors (Lipinski definition) is 1. The van der Waals surface area contributed by atoms with Crippen LogP contribution < -0.4 is 5.32 Å². The SMILES string of the molecule is CCCNC(CCOC)Cc1ncnn1C(C)C. The summed E-state index contributed by atoms with van der Waals surface area (Å²) in [5.41, 5.74) is 0. The summed E-state index contributed by atoms with van der Waals surface area (Å²) < 4.78 is 7.16. The lowest BCUT2D eigenvalue weighted by Crippen LogP contribution is -2.34. The van der Waals surface area contributed by atoms with Gasteiger partial charge in [-0.3, -0.25) is 0 Å². The first-order valence-electron chi connectivity index (χ1n) is 6.79. The number of nitrogens with zero attached hydrogens (tertiary/aromatic N) is 3. The molecule has 1 N–H and O–H groups in total. The normalized spacial score (nSPS) is 13.2. The molecule has 0 aromatic carbocycles. The summed E-state index contributed by atoms with van der Waals surface area (Å²) in [5.74, 6) is 1.05. The summed E-state index contributed by atoms with van der Waals surface area (Å²) in [6, 6.07) is 0.767. The highest BCUT2D eigenvalue weighted by Crippen LogP contribution is 2.09. The zero-order chi connectivity index (χ0) is 13.4. The maximum absolute atomic E-state index is 5.17. The highest BCUT2D eigenvalue weighted by Gasteiger charge is 2.14. The van der Waals surface area contributed by atoms with Crippen LogP contribution in [0.5, 0.6) is 0 Å². The Hall–Kier alpha value is -0.940. The van der Waals surface area contributed by atoms with E-state index in [4.69, 9.17) is 4.74 Å². The van der Waals surface area contributed by atoms with Crippen molar-refractivity contribution in [2.45, 2.75) is 52.1 Å². The fourth-order valence-corrected chi connectivity index (χ4v) is 1.96. The van der Waals surface area contributed by atoms with Crippen LogP contribution in [-0.2, 0) is 11.2 Å². The van der Waals surface area contributed by atoms with E-state index >= 15 is 0 Å². The largest absolute Gasteiger partial charge is 0.385 e. The summed E-state index contributed by atoms with van der Waals surface area (Å²) in [4.78, 5) is 4.36. The van der Waals surface area contributed by atoms with Gasteiger partial charge in [-0.15, -0.1) is 0 Å². The van der Waals surface area contributed by atoms with Crippen molar-refractivity contribution in [3.8, 4) is 0 Å². The molecule has 1 aromatic rings. The van der Waals surface area contributed by atoms with E-state index in [2.05, 4.69) is 36.2 Å². The lowest BCUT2D eigenvalue weighted by Gasteiger charge is -2.19. The van der Waals surface area contributed by atoms with Gasteiger partial charge in [0.1, 0.15) is 12.2 Å². The van der Waals surface area contributed by atoms with Gasteiger partial charge in [-0.1, -0.05) is 6.92 Å². The molecule has 0 aliphatic carbocycles. The molecule has 5 heteroatoms. The summed E-state index contributed by atoms with van der Waals surface area (Å²) in [7, 11) is 1.74. The minimum absolute atomic E-state index is 0.358. The van der Waals surface area contributed by atoms with Crippen molar-refractivity contribution >= 4 is 0 Å². The lowest BCUT2D eigenvalue weighted by molar-refractivity contribution is 0.182. The van der Waals surface area contributed by atoms with Gasteiger partial charge in [0.2, 0.25) is 0 Å². The first kappa shape index (κ1) is 15.1. The summed E-state index contributed by atoms with van der Waals surface area (Å²) in [6.45, 7) is 8.24. The van der Waals surface area contributed by atoms with E-state index in [1.54, 1.807) is 13.4 Å². The standard InChI is InChI=1S/C13H26N4O/c1-5-7-14-12(6-8-18-4)9-13-15-10-16-17(13)11(2)3/h10-12,14H,5-9H2,1-4H3. The van der Waals surface area contributed by atoms with Crippen LogP contribution in [0, 0.1) is 0 Å². The van der Waals surface area contributed by atoms with Gasteiger partial charge >= 0.3 is 0 Å². The molecule has 104 valence electrons. The molecule has 1 rings (SSSR count). The number of nitrogens with one attached hydrogen (secondary N) is 1. The molecule has 0 saturated heterocycles. The Labute approximate surface area is 110 Å². The Kier molecular flexibility index (Phi) is 6.90. The van der Waals surface area contributed by atoms with Crippen LogP contribution in [0.25, 0.3) is 0 Å². The first-order chi connectivity index (χ1) is 8.69. The molecular weight excluding hydrogens is 228 g/mol. The molecule has 1 unspecified atom stereocenters. The van der Waals surface area contributed by atoms with E-state index in [1.807, 2.05) is 4.68 Å². The van der Waals surface area contributed by atoms with Gasteiger partial charge in [-0.25, -0.2) is 9.67 Å². The third-order valence-electron chi connectivity index (χ3n) is 2.92. The van der Waals surface area contributed by atoms with Crippen LogP contribution in [0.15, 0.2) is 6.33 Å². The summed E-state index contributed by atoms with van der Waals surface area (Å²) in [6.07, 6.45) is 4.69. The Balaban J connectivity index is 2.59. The van der Waals surface area contributed by atoms with Crippen LogP contribution in [0.3, 0.4) is 0 Å². The molecular formula is C13H26N4O. The van der Waals surface area contributed by atoms with Crippen molar-refractivity contribution < 1.29 is 4.74 Å². The fraction of sp³-hybridized carbons (Fsp3) is 0.846. The second-order valence-corrected chi connectivity index (χ2v) is 4.85. The molecule has 1 atom stereocenters. The third kappa shape index (κ3) is 4.74. The predicted molar refractivity (Wildman–Crippen MR) is 72.7 cm³/mol. The van der Waals surface area contributed by atoms with Crippen molar-refractivity contribution in [3.63, 3.8) is 0 Å². The van der Waals surface area contributed by atoms with E-state index in [0.29, 0.717) is 12.1 Å². The van der Waals surface area contributed by atoms with Gasteiger partial charge < -0.3 is 10.1 Å². The molecule has 0 saturated carbocycles. The number of ether oxygens (including phenoxy) is 1. The number of hydrogen-bond acceptors (Lipinski definition) is 4. The molecule has 0 fully saturated rings. The minimum atomic E-state index is 0.358. The highest BCUT2D eigenvalue weighted by molar-refractivity contribution is 4.91. The number of methoxy groups -OCH3 is 1. The van der Waals surface area contributed by atoms with E-state index in [0.717, 1.165) is 38.2 Å². The fourth-order valence-electron chi connectivity index (χ4n) is 1.96. The minimum Gasteiger partial charge on any atom is -0.385 e. The van der Waals surface area contributed by atoms with E-state index in [-0.39, 0.29) is 0 Å². The summed E-state index contributed by atoms with van der Waals surface area (Å²) in [5, 5.41) is 7.82. The van der Waals surface area contributed by atoms with Crippen LogP contribution >= 0.6 is 0 Å². The van der Waals surface area contributed by atoms with Crippen molar-refractivity contribution in [2.24, 2.45) is 0 Å². The van der Waals surface area contributed by atoms with Crippen molar-refractivity contribution in [2.75, 3.05) is 20.3 Å². The van der Waals surface area contributed by atoms with Gasteiger partial charge in [0.25, 0.3) is 0 Å². The van der Waals surface area contributed by atoms with Gasteiger partial charge in [-0.2, -0.15) is 5.10 Å². The van der Waals surface area contributed by atoms with Crippen LogP contribution in [0.2, 0.25) is 0 Å². The molecule has 0 spiro atoms. The topological polar surface area (TPSA) is 52.0 Å². The van der Waals surface area contributed by atoms with Crippen LogP contribution in [0.4, 0.5) is 0 Å². The van der Waals surface area contributed by atoms with Gasteiger partial charge in [0.05, 0.1) is 0 Å². The Morgan fingerprint density at radius 1 is 1.44 bits per heavy atom. The van der Waals surface area contributed by atoms with Crippen molar-refractivity contribution in [1.82, 2.24) is 20.1 Å². The Morgan fingerprint density at radius 2 is 2.22 bits per heavy atom. The van der Waals surface area contributed by atoms with Crippen LogP contribution in [-0.4, -0.2) is 41.1 Å². The van der Waals surface area contributed by atoms with Gasteiger partial charge in [0, 0.05) is 32.2 Å². The quantitative estimate of drug-likeness (QED) is 0.730. The zero-order valence-electron chi connectivity index (χ0n) is 12.0. The highest BCUT2D eigenvalue weighted by atomic mass is 16.5. The number of aromatic nitrogens is 3. The molecule has 0 bridgehead atoms. The third-order valence-corrected chi connectivity index (χ3v) is 2.92. The average Bonchev–Trinajstić information content (AvgIpc) is 2.80. The van der Waals surface area contributed by atoms with Crippen LogP contribution in [0.1, 0.15) is 45.5 Å². The van der Waals surface area contributed by atoms with Gasteiger partial charge in [-0.05, 0) is 33.2 Å². The van der Waals surface area contributed by atoms with E-state index < -0.39 is 0 Å². The van der Waals surface area contributed by atoms with E-state index in [1.165, 1.54) is 0 Å². The monoisotopic (exact) mass is 254 g/mol. The molecule has 5 nitrogen and oxygen atoms in total. The second kappa shape index (κ2) is 8.21. The van der Waals surface area contributed by atoms with Crippen molar-refractivity contribution in [3.05, 3.63) is 12.2 Å². The average molecular weight is 254 g/mol. The summed E-state index contributed by atoms with van der Waals surface area (Å²) >= 11 is 0. The molecule has 0 aliphatic rings. The maximum atomic E-state index is 5.17. The lowest BCUT2D eigenvalue weighted by atomic mass is 10.1. The number of rotatable bonds is 9. The van der Waals surface area contributed by atoms with Gasteiger partial charge in [0.15, 0.2) is 0 Å². The molecule has 0 radical (unpaired) electrons. The zero-order valence-corrected chi connectivity index (χ0v) is 12.0. The molecule has 0 amide bonds. The molecule has 1 heterocycles. The molecule has 18 heavy (non-hydrogen) atoms. The molecule has 0 aliphatic heterocycles. The first-order valence-corrected chi connectivity index (χ1v) is 6.79. The Bertz CT molecular complexity index is 317. The maximum Gasteiger partial charge on any atom is 0.138 e. The second-order valence-electron chi connectivity index (χ2n) is 4.85. The molecule has 1 aromatic heterocycles. The van der Waals surface area contributed by atoms with Crippen molar-refractivity contribution in [1.29, 1.82) is 0 Å². The Morgan fingerprint density at radius 3 is 2.83 bits per heavy atom. The smallest absolute Gasteiger partial charge is 0.138 e. The van der Waals surface area contributed by atoms with E-state index in [9.17, 15) is 0 Å².